The standard InChI is InChI=1S/C15H18N2O2S/c1-4-17(12-7-5-6-11(2)8-12)15-16-13(10-19-3)14(9-18)20-15/h5-9H,4,10H2,1-3H3. The predicted octanol–water partition coefficient (Wildman–Crippen LogP) is 3.57. The van der Waals surface area contributed by atoms with Crippen molar-refractivity contribution >= 4 is 28.4 Å². The fraction of sp³-hybridized carbons (Fsp3) is 0.333. The number of benzene rings is 1. The lowest BCUT2D eigenvalue weighted by Gasteiger charge is -2.20. The Morgan fingerprint density at radius 1 is 1.45 bits per heavy atom. The molecule has 0 amide bonds. The summed E-state index contributed by atoms with van der Waals surface area (Å²) in [6.07, 6.45) is 0.847. The zero-order valence-electron chi connectivity index (χ0n) is 11.9. The summed E-state index contributed by atoms with van der Waals surface area (Å²) in [5, 5.41) is 0.826. The summed E-state index contributed by atoms with van der Waals surface area (Å²) in [6.45, 7) is 5.28. The maximum atomic E-state index is 11.1. The number of aromatic nitrogens is 1. The van der Waals surface area contributed by atoms with Crippen molar-refractivity contribution in [1.82, 2.24) is 4.98 Å². The van der Waals surface area contributed by atoms with E-state index >= 15 is 0 Å². The third kappa shape index (κ3) is 3.05. The van der Waals surface area contributed by atoms with Crippen molar-refractivity contribution in [3.05, 3.63) is 40.4 Å². The molecule has 0 aliphatic heterocycles. The van der Waals surface area contributed by atoms with Gasteiger partial charge < -0.3 is 9.64 Å². The zero-order chi connectivity index (χ0) is 14.5. The van der Waals surface area contributed by atoms with E-state index in [1.54, 1.807) is 7.11 Å². The highest BCUT2D eigenvalue weighted by Gasteiger charge is 2.16. The first-order valence-electron chi connectivity index (χ1n) is 6.47. The van der Waals surface area contributed by atoms with Gasteiger partial charge in [0.1, 0.15) is 0 Å². The van der Waals surface area contributed by atoms with Gasteiger partial charge in [0.15, 0.2) is 11.4 Å². The maximum absolute atomic E-state index is 11.1. The van der Waals surface area contributed by atoms with Crippen LogP contribution in [0.2, 0.25) is 0 Å². The van der Waals surface area contributed by atoms with Gasteiger partial charge in [-0.15, -0.1) is 0 Å². The van der Waals surface area contributed by atoms with Crippen LogP contribution in [0.1, 0.15) is 27.9 Å². The fourth-order valence-electron chi connectivity index (χ4n) is 2.02. The average molecular weight is 290 g/mol. The van der Waals surface area contributed by atoms with Crippen LogP contribution >= 0.6 is 11.3 Å². The third-order valence-corrected chi connectivity index (χ3v) is 4.01. The van der Waals surface area contributed by atoms with Gasteiger partial charge in [-0.3, -0.25) is 4.79 Å². The number of aldehydes is 1. The lowest BCUT2D eigenvalue weighted by Crippen LogP contribution is -2.15. The van der Waals surface area contributed by atoms with Gasteiger partial charge in [-0.2, -0.15) is 0 Å². The first kappa shape index (κ1) is 14.7. The SMILES string of the molecule is CCN(c1cccc(C)c1)c1nc(COC)c(C=O)s1. The summed E-state index contributed by atoms with van der Waals surface area (Å²) >= 11 is 1.40. The first-order valence-corrected chi connectivity index (χ1v) is 7.29. The molecule has 0 aliphatic rings. The van der Waals surface area contributed by atoms with Crippen LogP contribution in [0.4, 0.5) is 10.8 Å². The lowest BCUT2D eigenvalue weighted by atomic mass is 10.2. The van der Waals surface area contributed by atoms with Crippen molar-refractivity contribution in [3.63, 3.8) is 0 Å². The van der Waals surface area contributed by atoms with Gasteiger partial charge in [-0.25, -0.2) is 4.98 Å². The molecule has 1 heterocycles. The molecule has 0 N–H and O–H groups in total. The minimum atomic E-state index is 0.357. The summed E-state index contributed by atoms with van der Waals surface area (Å²) in [4.78, 5) is 18.4. The molecule has 5 heteroatoms. The van der Waals surface area contributed by atoms with Gasteiger partial charge in [-0.1, -0.05) is 23.5 Å². The molecule has 106 valence electrons. The summed E-state index contributed by atoms with van der Waals surface area (Å²) in [6, 6.07) is 8.25. The van der Waals surface area contributed by atoms with E-state index in [0.29, 0.717) is 17.2 Å². The molecule has 0 aliphatic carbocycles. The quantitative estimate of drug-likeness (QED) is 0.763. The Morgan fingerprint density at radius 2 is 2.25 bits per heavy atom. The first-order chi connectivity index (χ1) is 9.69. The second-order valence-corrected chi connectivity index (χ2v) is 5.45. The van der Waals surface area contributed by atoms with Gasteiger partial charge in [0.05, 0.1) is 17.2 Å². The Hall–Kier alpha value is -1.72. The van der Waals surface area contributed by atoms with Crippen molar-refractivity contribution in [3.8, 4) is 0 Å². The zero-order valence-corrected chi connectivity index (χ0v) is 12.7. The number of hydrogen-bond donors (Lipinski definition) is 0. The van der Waals surface area contributed by atoms with Crippen LogP contribution in [0.3, 0.4) is 0 Å². The second-order valence-electron chi connectivity index (χ2n) is 4.44. The summed E-state index contributed by atoms with van der Waals surface area (Å²) in [5.74, 6) is 0. The molecular weight excluding hydrogens is 272 g/mol. The molecule has 1 aromatic carbocycles. The highest BCUT2D eigenvalue weighted by atomic mass is 32.1. The molecule has 4 nitrogen and oxygen atoms in total. The Labute approximate surface area is 123 Å². The van der Waals surface area contributed by atoms with Gasteiger partial charge >= 0.3 is 0 Å². The molecule has 2 rings (SSSR count). The van der Waals surface area contributed by atoms with Crippen molar-refractivity contribution < 1.29 is 9.53 Å². The number of carbonyl (C=O) groups is 1. The minimum Gasteiger partial charge on any atom is -0.378 e. The number of ether oxygens (including phenoxy) is 1. The highest BCUT2D eigenvalue weighted by molar-refractivity contribution is 7.17. The van der Waals surface area contributed by atoms with Crippen LogP contribution in [0.15, 0.2) is 24.3 Å². The third-order valence-electron chi connectivity index (χ3n) is 2.96. The van der Waals surface area contributed by atoms with Gasteiger partial charge in [0.2, 0.25) is 0 Å². The summed E-state index contributed by atoms with van der Waals surface area (Å²) in [5.41, 5.74) is 2.99. The van der Waals surface area contributed by atoms with E-state index in [0.717, 1.165) is 23.6 Å². The van der Waals surface area contributed by atoms with Crippen LogP contribution in [0.5, 0.6) is 0 Å². The Balaban J connectivity index is 2.39. The molecule has 1 aromatic heterocycles. The van der Waals surface area contributed by atoms with Crippen molar-refractivity contribution in [2.45, 2.75) is 20.5 Å². The van der Waals surface area contributed by atoms with Crippen LogP contribution < -0.4 is 4.90 Å². The molecule has 0 saturated carbocycles. The molecule has 0 atom stereocenters. The molecule has 0 unspecified atom stereocenters. The van der Waals surface area contributed by atoms with E-state index < -0.39 is 0 Å². The Kier molecular flexibility index (Phi) is 4.87. The van der Waals surface area contributed by atoms with E-state index in [-0.39, 0.29) is 0 Å². The van der Waals surface area contributed by atoms with Gasteiger partial charge in [0, 0.05) is 19.3 Å². The Bertz CT molecular complexity index is 595. The second kappa shape index (κ2) is 6.63. The smallest absolute Gasteiger partial charge is 0.190 e. The summed E-state index contributed by atoms with van der Waals surface area (Å²) < 4.78 is 5.09. The summed E-state index contributed by atoms with van der Waals surface area (Å²) in [7, 11) is 1.60. The number of nitrogens with zero attached hydrogens (tertiary/aromatic N) is 2. The number of rotatable bonds is 6. The van der Waals surface area contributed by atoms with Crippen LogP contribution in [0.25, 0.3) is 0 Å². The molecule has 0 spiro atoms. The number of thiazole rings is 1. The predicted molar refractivity (Wildman–Crippen MR) is 82.1 cm³/mol. The van der Waals surface area contributed by atoms with E-state index in [1.165, 1.54) is 16.9 Å². The van der Waals surface area contributed by atoms with Gasteiger partial charge in [0.25, 0.3) is 0 Å². The van der Waals surface area contributed by atoms with E-state index in [9.17, 15) is 4.79 Å². The average Bonchev–Trinajstić information content (AvgIpc) is 2.83. The normalized spacial score (nSPS) is 10.6. The van der Waals surface area contributed by atoms with Gasteiger partial charge in [-0.05, 0) is 31.5 Å². The molecular formula is C15H18N2O2S. The molecule has 0 saturated heterocycles. The van der Waals surface area contributed by atoms with E-state index in [2.05, 4.69) is 41.9 Å². The fourth-order valence-corrected chi connectivity index (χ4v) is 2.99. The number of hydrogen-bond acceptors (Lipinski definition) is 5. The Morgan fingerprint density at radius 3 is 2.85 bits per heavy atom. The van der Waals surface area contributed by atoms with Crippen LogP contribution in [-0.2, 0) is 11.3 Å². The minimum absolute atomic E-state index is 0.357. The van der Waals surface area contributed by atoms with E-state index in [4.69, 9.17) is 4.74 Å². The number of methoxy groups -OCH3 is 1. The molecule has 0 fully saturated rings. The van der Waals surface area contributed by atoms with Crippen LogP contribution in [-0.4, -0.2) is 24.9 Å². The maximum Gasteiger partial charge on any atom is 0.190 e. The van der Waals surface area contributed by atoms with Crippen molar-refractivity contribution in [2.24, 2.45) is 0 Å². The van der Waals surface area contributed by atoms with Crippen molar-refractivity contribution in [1.29, 1.82) is 0 Å². The monoisotopic (exact) mass is 290 g/mol. The highest BCUT2D eigenvalue weighted by Crippen LogP contribution is 2.31. The molecule has 0 bridgehead atoms. The molecule has 0 radical (unpaired) electrons. The van der Waals surface area contributed by atoms with Crippen molar-refractivity contribution in [2.75, 3.05) is 18.6 Å². The number of carbonyl (C=O) groups excluding carboxylic acids is 1. The van der Waals surface area contributed by atoms with Crippen LogP contribution in [0, 0.1) is 6.92 Å². The largest absolute Gasteiger partial charge is 0.378 e. The number of anilines is 2. The molecule has 20 heavy (non-hydrogen) atoms. The number of aryl methyl sites for hydroxylation is 1. The molecule has 2 aromatic rings. The lowest BCUT2D eigenvalue weighted by molar-refractivity contribution is 0.112. The van der Waals surface area contributed by atoms with E-state index in [1.807, 2.05) is 6.07 Å². The topological polar surface area (TPSA) is 42.4 Å².